The first kappa shape index (κ1) is 7.72. The highest BCUT2D eigenvalue weighted by Gasteiger charge is 2.23. The van der Waals surface area contributed by atoms with Crippen molar-refractivity contribution in [3.05, 3.63) is 10.4 Å². The molecule has 0 N–H and O–H groups in total. The van der Waals surface area contributed by atoms with E-state index in [9.17, 15) is 0 Å². The van der Waals surface area contributed by atoms with Gasteiger partial charge in [0.15, 0.2) is 0 Å². The first-order valence-corrected chi connectivity index (χ1v) is 3.67. The predicted molar refractivity (Wildman–Crippen MR) is 41.1 cm³/mol. The van der Waals surface area contributed by atoms with Gasteiger partial charge in [-0.15, -0.1) is 0 Å². The number of hydrogen-bond donors (Lipinski definition) is 1. The zero-order valence-corrected chi connectivity index (χ0v) is 6.37. The first-order chi connectivity index (χ1) is 4.84. The monoisotopic (exact) mass is 159 g/mol. The summed E-state index contributed by atoms with van der Waals surface area (Å²) >= 11 is 4.25. The molecule has 10 heavy (non-hydrogen) atoms. The number of hydrogen-bond acceptors (Lipinski definition) is 3. The van der Waals surface area contributed by atoms with E-state index in [1.807, 2.05) is 0 Å². The normalized spacial score (nSPS) is 31.7. The first-order valence-electron chi connectivity index (χ1n) is 3.15. The predicted octanol–water partition coefficient (Wildman–Crippen LogP) is 1.38. The molecule has 0 bridgehead atoms. The molecule has 0 aromatic rings. The molecule has 1 fully saturated rings. The summed E-state index contributed by atoms with van der Waals surface area (Å²) in [6.45, 7) is 1.14. The Hall–Kier alpha value is -0.380. The van der Waals surface area contributed by atoms with Crippen molar-refractivity contribution in [2.24, 2.45) is 5.11 Å². The maximum Gasteiger partial charge on any atom is 0.0748 e. The molecule has 1 aliphatic rings. The maximum atomic E-state index is 7.99. The summed E-state index contributed by atoms with van der Waals surface area (Å²) in [5.74, 6) is 0. The third-order valence-corrected chi connectivity index (χ3v) is 2.09. The lowest BCUT2D eigenvalue weighted by atomic mass is 10.2. The minimum Gasteiger partial charge on any atom is -0.377 e. The van der Waals surface area contributed by atoms with Gasteiger partial charge in [0.1, 0.15) is 0 Å². The molecule has 56 valence electrons. The summed E-state index contributed by atoms with van der Waals surface area (Å²) < 4.78 is 5.23. The summed E-state index contributed by atoms with van der Waals surface area (Å²) in [6.07, 6.45) is 0.980. The molecule has 1 rings (SSSR count). The Labute approximate surface area is 64.6 Å². The number of ether oxygens (including phenoxy) is 1. The topological polar surface area (TPSA) is 58.0 Å². The van der Waals surface area contributed by atoms with Crippen LogP contribution in [0, 0.1) is 0 Å². The average Bonchev–Trinajstić information content (AvgIpc) is 2.31. The third-order valence-electron chi connectivity index (χ3n) is 1.50. The fourth-order valence-corrected chi connectivity index (χ4v) is 1.21. The van der Waals surface area contributed by atoms with Gasteiger partial charge in [-0.3, -0.25) is 0 Å². The smallest absolute Gasteiger partial charge is 0.0748 e. The van der Waals surface area contributed by atoms with Crippen molar-refractivity contribution in [2.45, 2.75) is 17.8 Å². The summed E-state index contributed by atoms with van der Waals surface area (Å²) in [4.78, 5) is 2.64. The zero-order chi connectivity index (χ0) is 7.40. The van der Waals surface area contributed by atoms with Crippen molar-refractivity contribution < 1.29 is 4.74 Å². The van der Waals surface area contributed by atoms with Gasteiger partial charge in [-0.25, -0.2) is 0 Å². The van der Waals surface area contributed by atoms with Crippen LogP contribution in [-0.4, -0.2) is 24.5 Å². The Morgan fingerprint density at radius 3 is 3.10 bits per heavy atom. The molecule has 0 spiro atoms. The lowest BCUT2D eigenvalue weighted by molar-refractivity contribution is 0.119. The van der Waals surface area contributed by atoms with Crippen molar-refractivity contribution in [3.63, 3.8) is 0 Å². The second-order valence-electron chi connectivity index (χ2n) is 2.18. The molecule has 0 aromatic carbocycles. The minimum absolute atomic E-state index is 0.0271. The number of nitrogens with zero attached hydrogens (tertiary/aromatic N) is 3. The molecule has 0 radical (unpaired) electrons. The summed E-state index contributed by atoms with van der Waals surface area (Å²) in [6, 6.07) is 0. The maximum absolute atomic E-state index is 7.99. The van der Waals surface area contributed by atoms with Gasteiger partial charge < -0.3 is 4.74 Å². The molecule has 0 amide bonds. The fourth-order valence-electron chi connectivity index (χ4n) is 0.928. The van der Waals surface area contributed by atoms with Crippen LogP contribution >= 0.6 is 12.6 Å². The van der Waals surface area contributed by atoms with E-state index in [1.165, 1.54) is 0 Å². The molecular weight excluding hydrogens is 150 g/mol. The standard InChI is InChI=1S/C5H9N3OS/c6-8-7-3-4-5(10)1-2-9-4/h4-5,10H,1-3H2/t4-,5+/m1/s1. The van der Waals surface area contributed by atoms with E-state index in [-0.39, 0.29) is 11.4 Å². The van der Waals surface area contributed by atoms with E-state index < -0.39 is 0 Å². The van der Waals surface area contributed by atoms with Crippen LogP contribution in [0.5, 0.6) is 0 Å². The Morgan fingerprint density at radius 2 is 2.60 bits per heavy atom. The van der Waals surface area contributed by atoms with Crippen molar-refractivity contribution >= 4 is 12.6 Å². The van der Waals surface area contributed by atoms with Crippen molar-refractivity contribution in [1.29, 1.82) is 0 Å². The van der Waals surface area contributed by atoms with E-state index >= 15 is 0 Å². The van der Waals surface area contributed by atoms with Crippen molar-refractivity contribution in [1.82, 2.24) is 0 Å². The highest BCUT2D eigenvalue weighted by Crippen LogP contribution is 2.18. The van der Waals surface area contributed by atoms with Crippen LogP contribution in [0.1, 0.15) is 6.42 Å². The van der Waals surface area contributed by atoms with E-state index in [0.29, 0.717) is 6.54 Å². The molecule has 1 aliphatic heterocycles. The largest absolute Gasteiger partial charge is 0.377 e. The molecular formula is C5H9N3OS. The minimum atomic E-state index is 0.0271. The molecule has 1 heterocycles. The third kappa shape index (κ3) is 1.80. The Balaban J connectivity index is 2.32. The SMILES string of the molecule is [N-]=[N+]=NC[C@H]1OCC[C@@H]1S. The van der Waals surface area contributed by atoms with Crippen molar-refractivity contribution in [2.75, 3.05) is 13.2 Å². The summed E-state index contributed by atoms with van der Waals surface area (Å²) in [7, 11) is 0. The van der Waals surface area contributed by atoms with E-state index in [2.05, 4.69) is 22.7 Å². The highest BCUT2D eigenvalue weighted by atomic mass is 32.1. The molecule has 0 saturated carbocycles. The van der Waals surface area contributed by atoms with Crippen LogP contribution in [0.2, 0.25) is 0 Å². The van der Waals surface area contributed by atoms with Gasteiger partial charge in [-0.1, -0.05) is 5.11 Å². The number of azide groups is 1. The van der Waals surface area contributed by atoms with E-state index in [1.54, 1.807) is 0 Å². The second-order valence-corrected chi connectivity index (χ2v) is 2.84. The zero-order valence-electron chi connectivity index (χ0n) is 5.47. The molecule has 2 atom stereocenters. The molecule has 4 nitrogen and oxygen atoms in total. The summed E-state index contributed by atoms with van der Waals surface area (Å²) in [5.41, 5.74) is 7.99. The van der Waals surface area contributed by atoms with Gasteiger partial charge in [0.25, 0.3) is 0 Å². The Kier molecular flexibility index (Phi) is 2.86. The Morgan fingerprint density at radius 1 is 1.80 bits per heavy atom. The van der Waals surface area contributed by atoms with E-state index in [4.69, 9.17) is 10.3 Å². The lowest BCUT2D eigenvalue weighted by Crippen LogP contribution is -2.18. The van der Waals surface area contributed by atoms with Crippen LogP contribution in [0.15, 0.2) is 5.11 Å². The molecule has 1 saturated heterocycles. The molecule has 5 heteroatoms. The van der Waals surface area contributed by atoms with E-state index in [0.717, 1.165) is 13.0 Å². The fraction of sp³-hybridized carbons (Fsp3) is 1.00. The van der Waals surface area contributed by atoms with Gasteiger partial charge in [0, 0.05) is 16.8 Å². The van der Waals surface area contributed by atoms with Crippen molar-refractivity contribution in [3.8, 4) is 0 Å². The van der Waals surface area contributed by atoms with Gasteiger partial charge in [0.05, 0.1) is 12.6 Å². The second kappa shape index (κ2) is 3.71. The molecule has 0 aliphatic carbocycles. The average molecular weight is 159 g/mol. The molecule has 0 unspecified atom stereocenters. The van der Waals surface area contributed by atoms with Crippen LogP contribution in [0.25, 0.3) is 10.4 Å². The van der Waals surface area contributed by atoms with Gasteiger partial charge in [-0.2, -0.15) is 12.6 Å². The van der Waals surface area contributed by atoms with Gasteiger partial charge in [-0.05, 0) is 12.0 Å². The summed E-state index contributed by atoms with van der Waals surface area (Å²) in [5, 5.41) is 3.65. The van der Waals surface area contributed by atoms with Gasteiger partial charge >= 0.3 is 0 Å². The number of thiol groups is 1. The lowest BCUT2D eigenvalue weighted by Gasteiger charge is -2.08. The Bertz CT molecular complexity index is 157. The van der Waals surface area contributed by atoms with Crippen LogP contribution in [0.3, 0.4) is 0 Å². The van der Waals surface area contributed by atoms with Crippen LogP contribution in [0.4, 0.5) is 0 Å². The van der Waals surface area contributed by atoms with Gasteiger partial charge in [0.2, 0.25) is 0 Å². The molecule has 0 aromatic heterocycles. The van der Waals surface area contributed by atoms with Crippen LogP contribution in [-0.2, 0) is 4.74 Å². The number of rotatable bonds is 2. The highest BCUT2D eigenvalue weighted by molar-refractivity contribution is 7.81. The van der Waals surface area contributed by atoms with Crippen LogP contribution < -0.4 is 0 Å². The quantitative estimate of drug-likeness (QED) is 0.281.